The number of hydrogen-bond donors (Lipinski definition) is 2. The number of halogens is 2. The zero-order chi connectivity index (χ0) is 36.6. The van der Waals surface area contributed by atoms with Crippen LogP contribution in [0.4, 0.5) is 5.69 Å². The first-order valence-corrected chi connectivity index (χ1v) is 20.7. The predicted molar refractivity (Wildman–Crippen MR) is 218 cm³/mol. The second-order valence-corrected chi connectivity index (χ2v) is 16.2. The van der Waals surface area contributed by atoms with E-state index in [0.717, 1.165) is 73.8 Å². The van der Waals surface area contributed by atoms with E-state index < -0.39 is 10.0 Å². The van der Waals surface area contributed by atoms with Crippen LogP contribution in [0.15, 0.2) is 118 Å². The van der Waals surface area contributed by atoms with E-state index in [-0.39, 0.29) is 16.8 Å². The molecule has 1 aliphatic heterocycles. The average Bonchev–Trinajstić information content (AvgIpc) is 3.63. The molecule has 5 aromatic rings. The van der Waals surface area contributed by atoms with Gasteiger partial charge in [0.05, 0.1) is 22.7 Å². The van der Waals surface area contributed by atoms with Gasteiger partial charge in [0.15, 0.2) is 0 Å². The van der Waals surface area contributed by atoms with Crippen molar-refractivity contribution in [3.05, 3.63) is 136 Å². The minimum atomic E-state index is -3.96. The maximum Gasteiger partial charge on any atom is 0.264 e. The summed E-state index contributed by atoms with van der Waals surface area (Å²) in [6, 6.07) is 32.2. The first-order valence-electron chi connectivity index (χ1n) is 18.5. The third-order valence-electron chi connectivity index (χ3n) is 9.92. The molecule has 0 radical (unpaired) electrons. The minimum absolute atomic E-state index is 0.101. The molecule has 2 heterocycles. The van der Waals surface area contributed by atoms with E-state index in [1.807, 2.05) is 42.5 Å². The number of aromatic nitrogens is 1. The number of aliphatic imine (C=N–C) groups is 1. The van der Waals surface area contributed by atoms with E-state index in [1.165, 1.54) is 47.3 Å². The molecule has 11 heteroatoms. The number of unbranched alkanes of at least 4 members (excludes halogenated alkanes) is 4. The summed E-state index contributed by atoms with van der Waals surface area (Å²) < 4.78 is 30.0. The van der Waals surface area contributed by atoms with Gasteiger partial charge < -0.3 is 5.32 Å². The zero-order valence-corrected chi connectivity index (χ0v) is 32.0. The van der Waals surface area contributed by atoms with Gasteiger partial charge in [-0.15, -0.1) is 0 Å². The van der Waals surface area contributed by atoms with Crippen LogP contribution in [0.25, 0.3) is 10.9 Å². The molecule has 0 spiro atoms. The Kier molecular flexibility index (Phi) is 11.9. The molecule has 4 aromatic carbocycles. The topological polar surface area (TPSA) is 99.0 Å². The Morgan fingerprint density at radius 3 is 2.26 bits per heavy atom. The molecule has 0 bridgehead atoms. The molecule has 1 aliphatic carbocycles. The second kappa shape index (κ2) is 17.1. The first kappa shape index (κ1) is 36.9. The fraction of sp³-hybridized carbons (Fsp3) is 0.310. The predicted octanol–water partition coefficient (Wildman–Crippen LogP) is 9.62. The Morgan fingerprint density at radius 1 is 0.792 bits per heavy atom. The van der Waals surface area contributed by atoms with E-state index >= 15 is 0 Å². The molecular weight excluding hydrogens is 723 g/mol. The number of rotatable bonds is 13. The summed E-state index contributed by atoms with van der Waals surface area (Å²) in [6.07, 6.45) is 9.62. The van der Waals surface area contributed by atoms with Crippen LogP contribution in [0.1, 0.15) is 73.2 Å². The van der Waals surface area contributed by atoms with Gasteiger partial charge in [0.2, 0.25) is 5.96 Å². The van der Waals surface area contributed by atoms with Crippen LogP contribution in [0, 0.1) is 0 Å². The van der Waals surface area contributed by atoms with Crippen molar-refractivity contribution in [2.75, 3.05) is 25.0 Å². The van der Waals surface area contributed by atoms with Crippen LogP contribution in [-0.2, 0) is 22.9 Å². The van der Waals surface area contributed by atoms with Gasteiger partial charge in [-0.1, -0.05) is 103 Å². The van der Waals surface area contributed by atoms with Gasteiger partial charge in [-0.25, -0.2) is 18.1 Å². The van der Waals surface area contributed by atoms with Gasteiger partial charge in [0.1, 0.15) is 0 Å². The number of nitrogens with one attached hydrogen (secondary N) is 2. The Morgan fingerprint density at radius 2 is 1.47 bits per heavy atom. The van der Waals surface area contributed by atoms with Crippen LogP contribution in [0.3, 0.4) is 0 Å². The number of anilines is 1. The zero-order valence-electron chi connectivity index (χ0n) is 29.6. The van der Waals surface area contributed by atoms with Crippen molar-refractivity contribution in [3.8, 4) is 0 Å². The number of pyridine rings is 1. The van der Waals surface area contributed by atoms with Gasteiger partial charge in [-0.05, 0) is 97.7 Å². The van der Waals surface area contributed by atoms with E-state index in [9.17, 15) is 8.42 Å². The summed E-state index contributed by atoms with van der Waals surface area (Å²) in [7, 11) is -3.96. The van der Waals surface area contributed by atoms with E-state index in [2.05, 4.69) is 46.4 Å². The van der Waals surface area contributed by atoms with Crippen molar-refractivity contribution in [2.45, 2.75) is 68.6 Å². The highest BCUT2D eigenvalue weighted by Gasteiger charge is 2.33. The minimum Gasteiger partial charge on any atom is -0.384 e. The summed E-state index contributed by atoms with van der Waals surface area (Å²) in [4.78, 5) is 9.90. The molecule has 0 fully saturated rings. The largest absolute Gasteiger partial charge is 0.384 e. The quantitative estimate of drug-likeness (QED) is 0.0707. The number of aryl methyl sites for hydroxylation is 1. The Hall–Kier alpha value is -4.44. The Labute approximate surface area is 322 Å². The van der Waals surface area contributed by atoms with Gasteiger partial charge in [0, 0.05) is 45.8 Å². The number of sulfonamides is 1. The molecule has 1 atom stereocenters. The molecule has 274 valence electrons. The molecule has 0 unspecified atom stereocenters. The summed E-state index contributed by atoms with van der Waals surface area (Å²) in [5, 5.41) is 12.7. The maximum absolute atomic E-state index is 13.6. The van der Waals surface area contributed by atoms with Crippen molar-refractivity contribution < 1.29 is 8.42 Å². The van der Waals surface area contributed by atoms with Gasteiger partial charge in [0.25, 0.3) is 10.0 Å². The molecule has 0 saturated heterocycles. The number of nitrogens with zero attached hydrogens (tertiary/aromatic N) is 4. The lowest BCUT2D eigenvalue weighted by Crippen LogP contribution is -2.41. The lowest BCUT2D eigenvalue weighted by molar-refractivity contribution is 0.460. The number of benzene rings is 4. The molecular formula is C42H44Cl2N6O2S. The monoisotopic (exact) mass is 766 g/mol. The fourth-order valence-corrected chi connectivity index (χ4v) is 8.44. The SMILES string of the molecule is O=S(=O)(NC(=NCCCCCCCNc1c2c(nc3ccccc13)CCCC2)N1C[C@H](c2ccccc2)C(c2ccc(Cl)cc2)=N1)c1ccc(Cl)cc1. The third kappa shape index (κ3) is 9.03. The lowest BCUT2D eigenvalue weighted by atomic mass is 9.91. The van der Waals surface area contributed by atoms with Crippen LogP contribution in [-0.4, -0.2) is 49.7 Å². The summed E-state index contributed by atoms with van der Waals surface area (Å²) >= 11 is 12.3. The highest BCUT2D eigenvalue weighted by atomic mass is 35.5. The van der Waals surface area contributed by atoms with Crippen molar-refractivity contribution in [2.24, 2.45) is 10.1 Å². The second-order valence-electron chi connectivity index (χ2n) is 13.6. The highest BCUT2D eigenvalue weighted by Crippen LogP contribution is 2.34. The lowest BCUT2D eigenvalue weighted by Gasteiger charge is -2.21. The molecule has 2 aliphatic rings. The number of hydrogen-bond acceptors (Lipinski definition) is 6. The molecule has 1 aromatic heterocycles. The van der Waals surface area contributed by atoms with Crippen LogP contribution >= 0.6 is 23.2 Å². The molecule has 53 heavy (non-hydrogen) atoms. The van der Waals surface area contributed by atoms with Crippen LogP contribution in [0.5, 0.6) is 0 Å². The summed E-state index contributed by atoms with van der Waals surface area (Å²) in [5.74, 6) is 0.0915. The van der Waals surface area contributed by atoms with Gasteiger partial charge >= 0.3 is 0 Å². The fourth-order valence-electron chi connectivity index (χ4n) is 7.16. The first-order chi connectivity index (χ1) is 25.9. The van der Waals surface area contributed by atoms with Crippen molar-refractivity contribution >= 4 is 61.5 Å². The van der Waals surface area contributed by atoms with E-state index in [1.54, 1.807) is 17.1 Å². The highest BCUT2D eigenvalue weighted by molar-refractivity contribution is 7.90. The molecule has 8 nitrogen and oxygen atoms in total. The standard InChI is InChI=1S/C42H44Cl2N6O2S/c43-32-21-19-31(20-22-32)40-37(30-13-5-4-6-14-30)29-50(48-40)42(49-53(51,52)34-25-23-33(44)24-26-34)46-28-12-3-1-2-11-27-45-41-35-15-7-9-17-38(35)47-39-18-10-8-16-36(39)41/h4-7,9,13-15,17,19-26,37H,1-3,8,10-12,16,18,27-29H2,(H,45,47)(H,46,49)/t37-/m1/s1. The van der Waals surface area contributed by atoms with E-state index in [4.69, 9.17) is 38.3 Å². The third-order valence-corrected chi connectivity index (χ3v) is 11.8. The summed E-state index contributed by atoms with van der Waals surface area (Å²) in [6.45, 7) is 1.80. The van der Waals surface area contributed by atoms with Crippen molar-refractivity contribution in [1.82, 2.24) is 14.7 Å². The Bertz CT molecular complexity index is 2190. The van der Waals surface area contributed by atoms with E-state index in [0.29, 0.717) is 23.1 Å². The number of fused-ring (bicyclic) bond motifs is 2. The number of para-hydroxylation sites is 1. The molecule has 0 saturated carbocycles. The van der Waals surface area contributed by atoms with Gasteiger partial charge in [-0.2, -0.15) is 5.10 Å². The van der Waals surface area contributed by atoms with Crippen molar-refractivity contribution in [3.63, 3.8) is 0 Å². The number of guanidine groups is 1. The molecule has 2 N–H and O–H groups in total. The normalized spacial score (nSPS) is 16.0. The average molecular weight is 768 g/mol. The Balaban J connectivity index is 1.01. The van der Waals surface area contributed by atoms with Crippen LogP contribution in [0.2, 0.25) is 10.0 Å². The summed E-state index contributed by atoms with van der Waals surface area (Å²) in [5.41, 5.74) is 7.80. The number of hydrazone groups is 1. The maximum atomic E-state index is 13.6. The molecule has 7 rings (SSSR count). The van der Waals surface area contributed by atoms with Gasteiger partial charge in [-0.3, -0.25) is 9.98 Å². The van der Waals surface area contributed by atoms with Crippen molar-refractivity contribution in [1.29, 1.82) is 0 Å². The smallest absolute Gasteiger partial charge is 0.264 e. The van der Waals surface area contributed by atoms with Crippen LogP contribution < -0.4 is 10.0 Å². The molecule has 0 amide bonds.